The molecule has 2 aromatic carbocycles. The summed E-state index contributed by atoms with van der Waals surface area (Å²) in [5.41, 5.74) is 4.60. The average molecular weight is 209 g/mol. The summed E-state index contributed by atoms with van der Waals surface area (Å²) in [7, 11) is 0. The molecule has 0 unspecified atom stereocenters. The summed E-state index contributed by atoms with van der Waals surface area (Å²) in [5, 5.41) is 5.83. The van der Waals surface area contributed by atoms with Crippen LogP contribution in [0.25, 0.3) is 21.9 Å². The van der Waals surface area contributed by atoms with Crippen LogP contribution in [0.3, 0.4) is 0 Å². The van der Waals surface area contributed by atoms with Gasteiger partial charge in [-0.05, 0) is 24.6 Å². The maximum Gasteiger partial charge on any atom is 0.140 e. The minimum atomic E-state index is 0.984. The fourth-order valence-electron chi connectivity index (χ4n) is 2.58. The Balaban J connectivity index is 2.24. The molecular formula is C14H11NO. The Labute approximate surface area is 92.9 Å². The van der Waals surface area contributed by atoms with Crippen molar-refractivity contribution in [1.82, 2.24) is 0 Å². The van der Waals surface area contributed by atoms with Crippen LogP contribution in [0.15, 0.2) is 40.8 Å². The molecule has 2 heteroatoms. The van der Waals surface area contributed by atoms with Gasteiger partial charge in [0.1, 0.15) is 11.2 Å². The molecule has 1 aliphatic heterocycles. The molecular weight excluding hydrogens is 198 g/mol. The van der Waals surface area contributed by atoms with Gasteiger partial charge in [-0.3, -0.25) is 0 Å². The summed E-state index contributed by atoms with van der Waals surface area (Å²) in [6.45, 7) is 1.02. The highest BCUT2D eigenvalue weighted by molar-refractivity contribution is 6.07. The molecule has 0 radical (unpaired) electrons. The molecule has 0 aliphatic carbocycles. The lowest BCUT2D eigenvalue weighted by Gasteiger charge is -1.98. The molecule has 1 aliphatic rings. The maximum absolute atomic E-state index is 5.96. The molecule has 2 nitrogen and oxygen atoms in total. The van der Waals surface area contributed by atoms with Crippen molar-refractivity contribution in [1.29, 1.82) is 0 Å². The van der Waals surface area contributed by atoms with Crippen LogP contribution in [0.5, 0.6) is 0 Å². The van der Waals surface area contributed by atoms with Gasteiger partial charge in [0.25, 0.3) is 0 Å². The standard InChI is InChI=1S/C14H11NO/c1-2-4-13-9(3-1)10-5-6-12-11(7-8-15-12)14(10)16-13/h1-6,15H,7-8H2. The molecule has 0 fully saturated rings. The van der Waals surface area contributed by atoms with Crippen molar-refractivity contribution in [3.63, 3.8) is 0 Å². The zero-order chi connectivity index (χ0) is 10.5. The fraction of sp³-hybridized carbons (Fsp3) is 0.143. The molecule has 0 saturated carbocycles. The van der Waals surface area contributed by atoms with Gasteiger partial charge >= 0.3 is 0 Å². The Bertz CT molecular complexity index is 696. The van der Waals surface area contributed by atoms with Gasteiger partial charge in [0, 0.05) is 28.6 Å². The summed E-state index contributed by atoms with van der Waals surface area (Å²) in [4.78, 5) is 0. The van der Waals surface area contributed by atoms with Crippen LogP contribution in [0.4, 0.5) is 5.69 Å². The molecule has 4 rings (SSSR count). The second kappa shape index (κ2) is 2.79. The smallest absolute Gasteiger partial charge is 0.140 e. The van der Waals surface area contributed by atoms with E-state index in [0.717, 1.165) is 24.1 Å². The van der Waals surface area contributed by atoms with Crippen molar-refractivity contribution in [3.8, 4) is 0 Å². The van der Waals surface area contributed by atoms with E-state index in [-0.39, 0.29) is 0 Å². The van der Waals surface area contributed by atoms with Crippen LogP contribution in [-0.2, 0) is 6.42 Å². The lowest BCUT2D eigenvalue weighted by molar-refractivity contribution is 0.664. The van der Waals surface area contributed by atoms with Gasteiger partial charge < -0.3 is 9.73 Å². The van der Waals surface area contributed by atoms with E-state index in [1.165, 1.54) is 22.0 Å². The van der Waals surface area contributed by atoms with E-state index in [1.807, 2.05) is 12.1 Å². The normalized spacial score (nSPS) is 14.2. The molecule has 0 atom stereocenters. The first kappa shape index (κ1) is 8.22. The third-order valence-electron chi connectivity index (χ3n) is 3.34. The molecule has 78 valence electrons. The minimum absolute atomic E-state index is 0.984. The van der Waals surface area contributed by atoms with Crippen molar-refractivity contribution in [3.05, 3.63) is 42.0 Å². The van der Waals surface area contributed by atoms with Crippen LogP contribution < -0.4 is 5.32 Å². The number of hydrogen-bond acceptors (Lipinski definition) is 2. The molecule has 2 heterocycles. The molecule has 0 saturated heterocycles. The summed E-state index contributed by atoms with van der Waals surface area (Å²) in [6.07, 6.45) is 1.06. The van der Waals surface area contributed by atoms with Crippen LogP contribution >= 0.6 is 0 Å². The molecule has 0 bridgehead atoms. The summed E-state index contributed by atoms with van der Waals surface area (Å²) in [6, 6.07) is 12.5. The van der Waals surface area contributed by atoms with Crippen LogP contribution in [-0.4, -0.2) is 6.54 Å². The van der Waals surface area contributed by atoms with Crippen molar-refractivity contribution < 1.29 is 4.42 Å². The number of benzene rings is 2. The Hall–Kier alpha value is -1.96. The van der Waals surface area contributed by atoms with Crippen molar-refractivity contribution in [2.75, 3.05) is 11.9 Å². The first-order valence-electron chi connectivity index (χ1n) is 5.60. The Kier molecular flexibility index (Phi) is 1.43. The number of furan rings is 1. The molecule has 0 amide bonds. The minimum Gasteiger partial charge on any atom is -0.456 e. The van der Waals surface area contributed by atoms with E-state index in [4.69, 9.17) is 4.42 Å². The Morgan fingerprint density at radius 3 is 2.94 bits per heavy atom. The third kappa shape index (κ3) is 0.915. The van der Waals surface area contributed by atoms with Crippen LogP contribution in [0.1, 0.15) is 5.56 Å². The monoisotopic (exact) mass is 209 g/mol. The summed E-state index contributed by atoms with van der Waals surface area (Å²) in [5.74, 6) is 0. The number of rotatable bonds is 0. The second-order valence-electron chi connectivity index (χ2n) is 4.24. The predicted octanol–water partition coefficient (Wildman–Crippen LogP) is 3.55. The third-order valence-corrected chi connectivity index (χ3v) is 3.34. The van der Waals surface area contributed by atoms with Crippen molar-refractivity contribution in [2.45, 2.75) is 6.42 Å². The van der Waals surface area contributed by atoms with Crippen molar-refractivity contribution in [2.24, 2.45) is 0 Å². The highest BCUT2D eigenvalue weighted by Gasteiger charge is 2.17. The van der Waals surface area contributed by atoms with Gasteiger partial charge in [0.2, 0.25) is 0 Å². The van der Waals surface area contributed by atoms with E-state index in [1.54, 1.807) is 0 Å². The summed E-state index contributed by atoms with van der Waals surface area (Å²) >= 11 is 0. The SMILES string of the molecule is c1ccc2c(c1)oc1c3c(ccc12)NCC3. The van der Waals surface area contributed by atoms with Crippen molar-refractivity contribution >= 4 is 27.6 Å². The summed E-state index contributed by atoms with van der Waals surface area (Å²) < 4.78 is 5.96. The predicted molar refractivity (Wildman–Crippen MR) is 65.9 cm³/mol. The van der Waals surface area contributed by atoms with Crippen LogP contribution in [0.2, 0.25) is 0 Å². The topological polar surface area (TPSA) is 25.2 Å². The van der Waals surface area contributed by atoms with Gasteiger partial charge in [0.15, 0.2) is 0 Å². The first-order chi connectivity index (χ1) is 7.93. The molecule has 16 heavy (non-hydrogen) atoms. The van der Waals surface area contributed by atoms with Gasteiger partial charge in [-0.25, -0.2) is 0 Å². The first-order valence-corrected chi connectivity index (χ1v) is 5.60. The highest BCUT2D eigenvalue weighted by Crippen LogP contribution is 2.36. The van der Waals surface area contributed by atoms with E-state index in [0.29, 0.717) is 0 Å². The molecule has 0 spiro atoms. The second-order valence-corrected chi connectivity index (χ2v) is 4.24. The van der Waals surface area contributed by atoms with E-state index in [9.17, 15) is 0 Å². The van der Waals surface area contributed by atoms with Gasteiger partial charge in [-0.15, -0.1) is 0 Å². The zero-order valence-corrected chi connectivity index (χ0v) is 8.79. The lowest BCUT2D eigenvalue weighted by atomic mass is 10.1. The zero-order valence-electron chi connectivity index (χ0n) is 8.79. The van der Waals surface area contributed by atoms with E-state index >= 15 is 0 Å². The molecule has 1 N–H and O–H groups in total. The number of anilines is 1. The van der Waals surface area contributed by atoms with E-state index < -0.39 is 0 Å². The maximum atomic E-state index is 5.96. The fourth-order valence-corrected chi connectivity index (χ4v) is 2.58. The number of nitrogens with one attached hydrogen (secondary N) is 1. The largest absolute Gasteiger partial charge is 0.456 e. The molecule has 3 aromatic rings. The van der Waals surface area contributed by atoms with E-state index in [2.05, 4.69) is 29.6 Å². The number of fused-ring (bicyclic) bond motifs is 5. The van der Waals surface area contributed by atoms with Crippen LogP contribution in [0, 0.1) is 0 Å². The quantitative estimate of drug-likeness (QED) is 0.612. The lowest BCUT2D eigenvalue weighted by Crippen LogP contribution is -1.90. The molecule has 1 aromatic heterocycles. The van der Waals surface area contributed by atoms with Gasteiger partial charge in [0.05, 0.1) is 0 Å². The number of hydrogen-bond donors (Lipinski definition) is 1. The average Bonchev–Trinajstić information content (AvgIpc) is 2.92. The Morgan fingerprint density at radius 1 is 1.00 bits per heavy atom. The van der Waals surface area contributed by atoms with Gasteiger partial charge in [-0.2, -0.15) is 0 Å². The van der Waals surface area contributed by atoms with Gasteiger partial charge in [-0.1, -0.05) is 18.2 Å². The number of para-hydroxylation sites is 1. The Morgan fingerprint density at radius 2 is 1.94 bits per heavy atom. The highest BCUT2D eigenvalue weighted by atomic mass is 16.3.